The van der Waals surface area contributed by atoms with Crippen molar-refractivity contribution in [3.63, 3.8) is 0 Å². The Bertz CT molecular complexity index is 481. The molecule has 25 heavy (non-hydrogen) atoms. The van der Waals surface area contributed by atoms with Gasteiger partial charge in [0.25, 0.3) is 0 Å². The van der Waals surface area contributed by atoms with Gasteiger partial charge in [-0.2, -0.15) is 0 Å². The van der Waals surface area contributed by atoms with E-state index in [-0.39, 0.29) is 6.10 Å². The van der Waals surface area contributed by atoms with Crippen LogP contribution in [0, 0.1) is 0 Å². The number of ether oxygens (including phenoxy) is 4. The molecule has 0 fully saturated rings. The molecule has 0 amide bonds. The zero-order valence-corrected chi connectivity index (χ0v) is 16.2. The molecule has 1 unspecified atom stereocenters. The highest BCUT2D eigenvalue weighted by Crippen LogP contribution is 2.31. The van der Waals surface area contributed by atoms with Gasteiger partial charge in [-0.05, 0) is 26.3 Å². The summed E-state index contributed by atoms with van der Waals surface area (Å²) in [5, 5.41) is 10.3. The van der Waals surface area contributed by atoms with E-state index < -0.39 is 6.10 Å². The van der Waals surface area contributed by atoms with Crippen molar-refractivity contribution in [2.45, 2.75) is 39.0 Å². The lowest BCUT2D eigenvalue weighted by atomic mass is 10.1. The second-order valence-electron chi connectivity index (χ2n) is 6.27. The smallest absolute Gasteiger partial charge is 0.165 e. The molecular weight excluding hydrogens is 322 g/mol. The Morgan fingerprint density at radius 2 is 1.88 bits per heavy atom. The monoisotopic (exact) mass is 355 g/mol. The standard InChI is InChI=1S/C19H33NO5/c1-15(2)25-14-17(21)13-20(10-7-11-22-3)12-16-8-6-9-18(23-4)19(16)24-5/h6,8-9,15,17,21H,7,10-14H2,1-5H3. The number of hydrogen-bond acceptors (Lipinski definition) is 6. The summed E-state index contributed by atoms with van der Waals surface area (Å²) in [6, 6.07) is 5.84. The molecule has 6 heteroatoms. The first-order chi connectivity index (χ1) is 12.0. The number of nitrogens with zero attached hydrogens (tertiary/aromatic N) is 1. The molecule has 1 aromatic rings. The van der Waals surface area contributed by atoms with Crippen molar-refractivity contribution in [3.8, 4) is 11.5 Å². The third kappa shape index (κ3) is 8.05. The molecule has 1 rings (SSSR count). The van der Waals surface area contributed by atoms with Crippen LogP contribution in [0.25, 0.3) is 0 Å². The van der Waals surface area contributed by atoms with Gasteiger partial charge in [0, 0.05) is 38.9 Å². The van der Waals surface area contributed by atoms with Gasteiger partial charge < -0.3 is 24.1 Å². The Labute approximate surface area is 151 Å². The van der Waals surface area contributed by atoms with Crippen LogP contribution in [0.3, 0.4) is 0 Å². The molecule has 0 aliphatic carbocycles. The van der Waals surface area contributed by atoms with Crippen molar-refractivity contribution in [1.82, 2.24) is 4.90 Å². The van der Waals surface area contributed by atoms with E-state index in [0.29, 0.717) is 32.1 Å². The Kier molecular flexibility index (Phi) is 10.5. The average molecular weight is 355 g/mol. The van der Waals surface area contributed by atoms with Gasteiger partial charge in [-0.1, -0.05) is 12.1 Å². The van der Waals surface area contributed by atoms with Gasteiger partial charge >= 0.3 is 0 Å². The summed E-state index contributed by atoms with van der Waals surface area (Å²) in [6.45, 7) is 6.93. The summed E-state index contributed by atoms with van der Waals surface area (Å²) in [7, 11) is 4.97. The van der Waals surface area contributed by atoms with E-state index in [1.54, 1.807) is 21.3 Å². The molecule has 6 nitrogen and oxygen atoms in total. The molecule has 1 N–H and O–H groups in total. The quantitative estimate of drug-likeness (QED) is 0.548. The van der Waals surface area contributed by atoms with Crippen LogP contribution in [0.5, 0.6) is 11.5 Å². The minimum atomic E-state index is -0.540. The summed E-state index contributed by atoms with van der Waals surface area (Å²) in [5.74, 6) is 1.44. The zero-order valence-electron chi connectivity index (χ0n) is 16.2. The number of aliphatic hydroxyl groups excluding tert-OH is 1. The van der Waals surface area contributed by atoms with Crippen LogP contribution >= 0.6 is 0 Å². The van der Waals surface area contributed by atoms with Gasteiger partial charge in [0.15, 0.2) is 11.5 Å². The van der Waals surface area contributed by atoms with Gasteiger partial charge in [-0.25, -0.2) is 0 Å². The third-order valence-electron chi connectivity index (χ3n) is 3.79. The third-order valence-corrected chi connectivity index (χ3v) is 3.79. The van der Waals surface area contributed by atoms with Crippen LogP contribution in [-0.4, -0.2) is 69.8 Å². The summed E-state index contributed by atoms with van der Waals surface area (Å²) in [4.78, 5) is 2.19. The van der Waals surface area contributed by atoms with E-state index in [9.17, 15) is 5.11 Å². The molecule has 0 heterocycles. The fourth-order valence-electron chi connectivity index (χ4n) is 2.64. The lowest BCUT2D eigenvalue weighted by molar-refractivity contribution is -0.0104. The maximum absolute atomic E-state index is 10.3. The van der Waals surface area contributed by atoms with E-state index in [1.807, 2.05) is 32.0 Å². The number of aliphatic hydroxyl groups is 1. The maximum atomic E-state index is 10.3. The average Bonchev–Trinajstić information content (AvgIpc) is 2.59. The Balaban J connectivity index is 2.78. The molecule has 0 saturated carbocycles. The predicted molar refractivity (Wildman–Crippen MR) is 98.4 cm³/mol. The first-order valence-electron chi connectivity index (χ1n) is 8.72. The second kappa shape index (κ2) is 12.1. The van der Waals surface area contributed by atoms with Crippen LogP contribution in [0.4, 0.5) is 0 Å². The van der Waals surface area contributed by atoms with Crippen LogP contribution < -0.4 is 9.47 Å². The molecular formula is C19H33NO5. The highest BCUT2D eigenvalue weighted by Gasteiger charge is 2.17. The van der Waals surface area contributed by atoms with Gasteiger partial charge in [0.2, 0.25) is 0 Å². The first kappa shape index (κ1) is 21.7. The van der Waals surface area contributed by atoms with Gasteiger partial charge in [0.05, 0.1) is 33.0 Å². The molecule has 0 radical (unpaired) electrons. The predicted octanol–water partition coefficient (Wildman–Crippen LogP) is 2.33. The van der Waals surface area contributed by atoms with Crippen LogP contribution in [0.2, 0.25) is 0 Å². The van der Waals surface area contributed by atoms with Gasteiger partial charge in [-0.15, -0.1) is 0 Å². The molecule has 0 saturated heterocycles. The summed E-state index contributed by atoms with van der Waals surface area (Å²) >= 11 is 0. The van der Waals surface area contributed by atoms with Crippen LogP contribution in [0.1, 0.15) is 25.8 Å². The first-order valence-corrected chi connectivity index (χ1v) is 8.72. The fourth-order valence-corrected chi connectivity index (χ4v) is 2.64. The summed E-state index contributed by atoms with van der Waals surface area (Å²) in [5.41, 5.74) is 1.02. The molecule has 1 aromatic carbocycles. The van der Waals surface area contributed by atoms with E-state index in [2.05, 4.69) is 4.90 Å². The Morgan fingerprint density at radius 1 is 1.12 bits per heavy atom. The van der Waals surface area contributed by atoms with Crippen molar-refractivity contribution in [3.05, 3.63) is 23.8 Å². The second-order valence-corrected chi connectivity index (χ2v) is 6.27. The molecule has 0 aliphatic heterocycles. The maximum Gasteiger partial charge on any atom is 0.165 e. The topological polar surface area (TPSA) is 60.4 Å². The van der Waals surface area contributed by atoms with Crippen LogP contribution in [-0.2, 0) is 16.0 Å². The van der Waals surface area contributed by atoms with Crippen molar-refractivity contribution in [2.75, 3.05) is 47.6 Å². The van der Waals surface area contributed by atoms with Crippen molar-refractivity contribution >= 4 is 0 Å². The van der Waals surface area contributed by atoms with E-state index in [0.717, 1.165) is 24.3 Å². The largest absolute Gasteiger partial charge is 0.493 e. The number of methoxy groups -OCH3 is 3. The highest BCUT2D eigenvalue weighted by atomic mass is 16.5. The number of hydrogen-bond donors (Lipinski definition) is 1. The Morgan fingerprint density at radius 3 is 2.48 bits per heavy atom. The summed E-state index contributed by atoms with van der Waals surface area (Å²) < 4.78 is 21.5. The molecule has 1 atom stereocenters. The zero-order chi connectivity index (χ0) is 18.7. The van der Waals surface area contributed by atoms with E-state index >= 15 is 0 Å². The SMILES string of the molecule is COCCCN(Cc1cccc(OC)c1OC)CC(O)COC(C)C. The Hall–Kier alpha value is -1.34. The molecule has 144 valence electrons. The van der Waals surface area contributed by atoms with E-state index in [4.69, 9.17) is 18.9 Å². The number of rotatable bonds is 13. The molecule has 0 aliphatic rings. The number of benzene rings is 1. The minimum absolute atomic E-state index is 0.107. The highest BCUT2D eigenvalue weighted by molar-refractivity contribution is 5.46. The molecule has 0 aromatic heterocycles. The van der Waals surface area contributed by atoms with E-state index in [1.165, 1.54) is 0 Å². The normalized spacial score (nSPS) is 12.6. The molecule has 0 bridgehead atoms. The van der Waals surface area contributed by atoms with Gasteiger partial charge in [0.1, 0.15) is 0 Å². The van der Waals surface area contributed by atoms with Crippen molar-refractivity contribution in [2.24, 2.45) is 0 Å². The van der Waals surface area contributed by atoms with Crippen molar-refractivity contribution < 1.29 is 24.1 Å². The molecule has 0 spiro atoms. The van der Waals surface area contributed by atoms with Gasteiger partial charge in [-0.3, -0.25) is 4.90 Å². The summed E-state index contributed by atoms with van der Waals surface area (Å²) in [6.07, 6.45) is 0.456. The lowest BCUT2D eigenvalue weighted by Gasteiger charge is -2.26. The van der Waals surface area contributed by atoms with Crippen LogP contribution in [0.15, 0.2) is 18.2 Å². The lowest BCUT2D eigenvalue weighted by Crippen LogP contribution is -2.36. The fraction of sp³-hybridized carbons (Fsp3) is 0.684. The minimum Gasteiger partial charge on any atom is -0.493 e. The number of para-hydroxylation sites is 1. The van der Waals surface area contributed by atoms with Crippen molar-refractivity contribution in [1.29, 1.82) is 0 Å².